The average Bonchev–Trinajstić information content (AvgIpc) is 2.78. The number of sulfonamides is 1. The number of ether oxygens (including phenoxy) is 1. The van der Waals surface area contributed by atoms with E-state index in [9.17, 15) is 13.2 Å². The summed E-state index contributed by atoms with van der Waals surface area (Å²) in [6, 6.07) is 15.9. The van der Waals surface area contributed by atoms with Gasteiger partial charge < -0.3 is 4.74 Å². The first kappa shape index (κ1) is 26.0. The van der Waals surface area contributed by atoms with Crippen molar-refractivity contribution in [2.24, 2.45) is 5.10 Å². The highest BCUT2D eigenvalue weighted by atomic mass is 79.9. The van der Waals surface area contributed by atoms with Crippen LogP contribution in [-0.2, 0) is 14.8 Å². The largest absolute Gasteiger partial charge is 0.496 e. The van der Waals surface area contributed by atoms with Crippen molar-refractivity contribution in [1.29, 1.82) is 0 Å². The summed E-state index contributed by atoms with van der Waals surface area (Å²) in [5.41, 5.74) is 3.97. The second kappa shape index (κ2) is 11.2. The normalized spacial score (nSPS) is 11.4. The number of anilines is 1. The predicted molar refractivity (Wildman–Crippen MR) is 139 cm³/mol. The molecule has 0 aliphatic heterocycles. The molecule has 0 fully saturated rings. The van der Waals surface area contributed by atoms with E-state index in [1.54, 1.807) is 30.3 Å². The van der Waals surface area contributed by atoms with E-state index in [2.05, 4.69) is 26.5 Å². The second-order valence-electron chi connectivity index (χ2n) is 7.10. The van der Waals surface area contributed by atoms with Crippen LogP contribution in [0, 0.1) is 6.92 Å². The molecule has 0 bridgehead atoms. The van der Waals surface area contributed by atoms with Crippen LogP contribution in [0.4, 0.5) is 5.69 Å². The van der Waals surface area contributed by atoms with E-state index in [1.165, 1.54) is 43.7 Å². The zero-order chi connectivity index (χ0) is 24.9. The Bertz CT molecular complexity index is 1330. The van der Waals surface area contributed by atoms with Gasteiger partial charge in [0, 0.05) is 15.1 Å². The van der Waals surface area contributed by atoms with Gasteiger partial charge in [-0.25, -0.2) is 13.8 Å². The van der Waals surface area contributed by atoms with Gasteiger partial charge in [-0.1, -0.05) is 56.8 Å². The molecule has 0 saturated heterocycles. The SMILES string of the molecule is COc1ccc(Br)cc1C=NNC(=O)CN(c1ccc(Cl)cc1Cl)S(=O)(=O)c1ccc(C)cc1. The van der Waals surface area contributed by atoms with E-state index in [0.717, 1.165) is 14.3 Å². The van der Waals surface area contributed by atoms with Crippen molar-refractivity contribution in [1.82, 2.24) is 5.43 Å². The monoisotopic (exact) mass is 583 g/mol. The fourth-order valence-electron chi connectivity index (χ4n) is 2.97. The van der Waals surface area contributed by atoms with Crippen molar-refractivity contribution in [3.8, 4) is 5.75 Å². The van der Waals surface area contributed by atoms with Crippen molar-refractivity contribution >= 4 is 67.0 Å². The highest BCUT2D eigenvalue weighted by Gasteiger charge is 2.28. The highest BCUT2D eigenvalue weighted by molar-refractivity contribution is 9.10. The Morgan fingerprint density at radius 1 is 1.12 bits per heavy atom. The third-order valence-corrected chi connectivity index (χ3v) is 7.46. The van der Waals surface area contributed by atoms with E-state index in [4.69, 9.17) is 27.9 Å². The zero-order valence-electron chi connectivity index (χ0n) is 18.1. The van der Waals surface area contributed by atoms with Gasteiger partial charge in [0.1, 0.15) is 12.3 Å². The van der Waals surface area contributed by atoms with Gasteiger partial charge in [-0.2, -0.15) is 5.10 Å². The number of rotatable bonds is 8. The molecule has 34 heavy (non-hydrogen) atoms. The number of carbonyl (C=O) groups is 1. The van der Waals surface area contributed by atoms with Crippen molar-refractivity contribution in [2.45, 2.75) is 11.8 Å². The molecule has 1 N–H and O–H groups in total. The summed E-state index contributed by atoms with van der Waals surface area (Å²) in [6.45, 7) is 1.28. The maximum atomic E-state index is 13.4. The summed E-state index contributed by atoms with van der Waals surface area (Å²) < 4.78 is 33.8. The Kier molecular flexibility index (Phi) is 8.59. The molecule has 178 valence electrons. The van der Waals surface area contributed by atoms with Gasteiger partial charge in [-0.15, -0.1) is 0 Å². The van der Waals surface area contributed by atoms with Crippen molar-refractivity contribution in [3.05, 3.63) is 86.3 Å². The van der Waals surface area contributed by atoms with Gasteiger partial charge in [0.2, 0.25) is 0 Å². The van der Waals surface area contributed by atoms with Crippen LogP contribution in [0.25, 0.3) is 0 Å². The first-order valence-electron chi connectivity index (χ1n) is 9.81. The van der Waals surface area contributed by atoms with Crippen LogP contribution in [0.2, 0.25) is 10.0 Å². The lowest BCUT2D eigenvalue weighted by Crippen LogP contribution is -2.39. The fourth-order valence-corrected chi connectivity index (χ4v) is 5.35. The summed E-state index contributed by atoms with van der Waals surface area (Å²) in [4.78, 5) is 12.7. The predicted octanol–water partition coefficient (Wildman–Crippen LogP) is 5.42. The Labute approximate surface area is 216 Å². The summed E-state index contributed by atoms with van der Waals surface area (Å²) in [5.74, 6) is -0.121. The van der Waals surface area contributed by atoms with Crippen LogP contribution >= 0.6 is 39.1 Å². The van der Waals surface area contributed by atoms with Crippen LogP contribution < -0.4 is 14.5 Å². The minimum atomic E-state index is -4.13. The first-order valence-corrected chi connectivity index (χ1v) is 12.8. The number of hydrogen-bond donors (Lipinski definition) is 1. The average molecular weight is 585 g/mol. The maximum absolute atomic E-state index is 13.4. The van der Waals surface area contributed by atoms with Crippen LogP contribution in [0.15, 0.2) is 75.1 Å². The first-order chi connectivity index (χ1) is 16.1. The van der Waals surface area contributed by atoms with Crippen LogP contribution in [0.1, 0.15) is 11.1 Å². The molecule has 0 spiro atoms. The third kappa shape index (κ3) is 6.29. The number of hydrogen-bond acceptors (Lipinski definition) is 5. The molecule has 3 aromatic carbocycles. The Balaban J connectivity index is 1.89. The number of aryl methyl sites for hydroxylation is 1. The number of methoxy groups -OCH3 is 1. The number of nitrogens with zero attached hydrogens (tertiary/aromatic N) is 2. The molecule has 0 aliphatic rings. The molecule has 0 radical (unpaired) electrons. The lowest BCUT2D eigenvalue weighted by Gasteiger charge is -2.24. The van der Waals surface area contributed by atoms with Crippen LogP contribution in [-0.4, -0.2) is 34.2 Å². The Morgan fingerprint density at radius 3 is 2.47 bits per heavy atom. The number of amides is 1. The highest BCUT2D eigenvalue weighted by Crippen LogP contribution is 2.32. The van der Waals surface area contributed by atoms with Gasteiger partial charge in [-0.05, 0) is 55.5 Å². The van der Waals surface area contributed by atoms with Crippen LogP contribution in [0.3, 0.4) is 0 Å². The quantitative estimate of drug-likeness (QED) is 0.283. The molecule has 11 heteroatoms. The van der Waals surface area contributed by atoms with E-state index < -0.39 is 22.5 Å². The maximum Gasteiger partial charge on any atom is 0.264 e. The van der Waals surface area contributed by atoms with E-state index in [0.29, 0.717) is 16.3 Å². The van der Waals surface area contributed by atoms with E-state index in [1.807, 2.05) is 6.92 Å². The van der Waals surface area contributed by atoms with Crippen molar-refractivity contribution < 1.29 is 17.9 Å². The number of carbonyl (C=O) groups excluding carboxylic acids is 1. The summed E-state index contributed by atoms with van der Waals surface area (Å²) >= 11 is 15.6. The third-order valence-electron chi connectivity index (χ3n) is 4.66. The molecular formula is C23H20BrCl2N3O4S. The summed E-state index contributed by atoms with van der Waals surface area (Å²) in [6.07, 6.45) is 1.40. The van der Waals surface area contributed by atoms with Crippen LogP contribution in [0.5, 0.6) is 5.75 Å². The topological polar surface area (TPSA) is 88.1 Å². The minimum Gasteiger partial charge on any atom is -0.496 e. The molecule has 0 aromatic heterocycles. The van der Waals surface area contributed by atoms with Gasteiger partial charge in [0.25, 0.3) is 15.9 Å². The van der Waals surface area contributed by atoms with Gasteiger partial charge in [-0.3, -0.25) is 9.10 Å². The molecule has 0 unspecified atom stereocenters. The zero-order valence-corrected chi connectivity index (χ0v) is 22.0. The van der Waals surface area contributed by atoms with Crippen molar-refractivity contribution in [3.63, 3.8) is 0 Å². The Morgan fingerprint density at radius 2 is 1.82 bits per heavy atom. The smallest absolute Gasteiger partial charge is 0.264 e. The van der Waals surface area contributed by atoms with Gasteiger partial charge >= 0.3 is 0 Å². The lowest BCUT2D eigenvalue weighted by atomic mass is 10.2. The molecule has 1 amide bonds. The molecule has 3 aromatic rings. The lowest BCUT2D eigenvalue weighted by molar-refractivity contribution is -0.119. The number of benzene rings is 3. The summed E-state index contributed by atoms with van der Waals surface area (Å²) in [7, 11) is -2.61. The standard InChI is InChI=1S/C23H20BrCl2N3O4S/c1-15-3-7-19(8-4-15)34(31,32)29(21-9-6-18(25)12-20(21)26)14-23(30)28-27-13-16-11-17(24)5-10-22(16)33-2/h3-13H,14H2,1-2H3,(H,28,30). The van der Waals surface area contributed by atoms with E-state index >= 15 is 0 Å². The van der Waals surface area contributed by atoms with Gasteiger partial charge in [0.05, 0.1) is 28.9 Å². The molecular weight excluding hydrogens is 565 g/mol. The number of hydrazone groups is 1. The second-order valence-corrected chi connectivity index (χ2v) is 10.7. The molecule has 0 atom stereocenters. The molecule has 0 saturated carbocycles. The van der Waals surface area contributed by atoms with Gasteiger partial charge in [0.15, 0.2) is 0 Å². The number of halogens is 3. The molecule has 7 nitrogen and oxygen atoms in total. The minimum absolute atomic E-state index is 0.0132. The fraction of sp³-hybridized carbons (Fsp3) is 0.130. The van der Waals surface area contributed by atoms with E-state index in [-0.39, 0.29) is 15.6 Å². The Hall–Kier alpha value is -2.59. The number of nitrogens with one attached hydrogen (secondary N) is 1. The molecule has 0 heterocycles. The molecule has 0 aliphatic carbocycles. The van der Waals surface area contributed by atoms with Crippen molar-refractivity contribution in [2.75, 3.05) is 18.0 Å². The molecule has 3 rings (SSSR count). The summed E-state index contributed by atoms with van der Waals surface area (Å²) in [5, 5.41) is 4.35.